The van der Waals surface area contributed by atoms with Crippen LogP contribution in [0.25, 0.3) is 27.8 Å². The van der Waals surface area contributed by atoms with Crippen LogP contribution in [0, 0.1) is 0 Å². The van der Waals surface area contributed by atoms with E-state index in [1.165, 1.54) is 11.1 Å². The van der Waals surface area contributed by atoms with Gasteiger partial charge in [0.1, 0.15) is 6.19 Å². The summed E-state index contributed by atoms with van der Waals surface area (Å²) in [4.78, 5) is 5.30. The molecule has 5 heteroatoms. The lowest BCUT2D eigenvalue weighted by atomic mass is 10.0. The zero-order chi connectivity index (χ0) is 24.1. The molecular weight excluding hydrogens is 477 g/mol. The molecule has 0 N–H and O–H groups in total. The Balaban J connectivity index is 1.65. The first-order chi connectivity index (χ1) is 17.8. The molecule has 0 saturated heterocycles. The number of hydrogen-bond acceptors (Lipinski definition) is 2. The van der Waals surface area contributed by atoms with Gasteiger partial charge in [0.25, 0.3) is 0 Å². The second-order valence-electron chi connectivity index (χ2n) is 8.83. The van der Waals surface area contributed by atoms with Crippen LogP contribution in [0.2, 0.25) is 0 Å². The number of fused-ring (bicyclic) bond motifs is 4. The lowest BCUT2D eigenvalue weighted by Crippen LogP contribution is -2.37. The van der Waals surface area contributed by atoms with Crippen LogP contribution in [0.15, 0.2) is 133 Å². The molecule has 1 aliphatic rings. The van der Waals surface area contributed by atoms with Crippen LogP contribution in [0.5, 0.6) is 0 Å². The Hall–Kier alpha value is -3.98. The number of benzene rings is 5. The number of nitrogens with zero attached hydrogens (tertiary/aromatic N) is 3. The standard InChI is InChI=1S/C31H22N3PS/c36-35(31-32-27-19-9-11-21-29(27)33(31)23-13-3-1-4-14-23)30-22-12-8-18-26(30)25-17-7-10-20-28(25)34(35)24-15-5-2-6-16-24/h1-22H. The largest absolute Gasteiger partial charge is 0.303 e. The second-order valence-corrected chi connectivity index (χ2v) is 12.8. The van der Waals surface area contributed by atoms with Crippen molar-refractivity contribution in [3.05, 3.63) is 133 Å². The van der Waals surface area contributed by atoms with E-state index in [4.69, 9.17) is 16.8 Å². The zero-order valence-electron chi connectivity index (χ0n) is 19.4. The number of anilines is 2. The molecule has 3 nitrogen and oxygen atoms in total. The van der Waals surface area contributed by atoms with Crippen molar-refractivity contribution in [3.8, 4) is 16.8 Å². The zero-order valence-corrected chi connectivity index (χ0v) is 21.1. The Morgan fingerprint density at radius 2 is 1.14 bits per heavy atom. The van der Waals surface area contributed by atoms with Crippen LogP contribution < -0.4 is 15.5 Å². The molecular formula is C31H22N3PS. The molecule has 0 spiro atoms. The van der Waals surface area contributed by atoms with Crippen molar-refractivity contribution < 1.29 is 0 Å². The van der Waals surface area contributed by atoms with Gasteiger partial charge in [-0.2, -0.15) is 0 Å². The van der Waals surface area contributed by atoms with Gasteiger partial charge in [0.2, 0.25) is 0 Å². The van der Waals surface area contributed by atoms with Crippen molar-refractivity contribution in [2.24, 2.45) is 0 Å². The number of aromatic nitrogens is 2. The van der Waals surface area contributed by atoms with Crippen molar-refractivity contribution in [1.82, 2.24) is 9.55 Å². The van der Waals surface area contributed by atoms with Gasteiger partial charge in [-0.15, -0.1) is 0 Å². The quantitative estimate of drug-likeness (QED) is 0.241. The van der Waals surface area contributed by atoms with E-state index in [2.05, 4.69) is 131 Å². The molecule has 172 valence electrons. The molecule has 1 unspecified atom stereocenters. The normalized spacial score (nSPS) is 16.5. The van der Waals surface area contributed by atoms with Gasteiger partial charge in [-0.1, -0.05) is 103 Å². The molecule has 0 aliphatic carbocycles. The van der Waals surface area contributed by atoms with Gasteiger partial charge in [-0.25, -0.2) is 4.98 Å². The average Bonchev–Trinajstić information content (AvgIpc) is 3.35. The monoisotopic (exact) mass is 499 g/mol. The van der Waals surface area contributed by atoms with E-state index < -0.39 is 6.19 Å². The SMILES string of the molecule is S=P1(c2nc3ccccc3n2-c2ccccc2)c2ccccc2-c2ccccc2N1c1ccccc1. The highest BCUT2D eigenvalue weighted by Crippen LogP contribution is 2.61. The number of imidazole rings is 1. The minimum Gasteiger partial charge on any atom is -0.303 e. The van der Waals surface area contributed by atoms with Gasteiger partial charge in [-0.05, 0) is 48.0 Å². The third-order valence-electron chi connectivity index (χ3n) is 6.76. The highest BCUT2D eigenvalue weighted by Gasteiger charge is 2.42. The van der Waals surface area contributed by atoms with E-state index >= 15 is 0 Å². The maximum absolute atomic E-state index is 6.94. The summed E-state index contributed by atoms with van der Waals surface area (Å²) in [5.41, 5.74) is 8.57. The first kappa shape index (κ1) is 21.3. The number of rotatable bonds is 3. The minimum atomic E-state index is -2.68. The maximum atomic E-state index is 6.94. The summed E-state index contributed by atoms with van der Waals surface area (Å²) >= 11 is 6.94. The van der Waals surface area contributed by atoms with Crippen LogP contribution in [-0.4, -0.2) is 9.55 Å². The molecule has 0 radical (unpaired) electrons. The summed E-state index contributed by atoms with van der Waals surface area (Å²) in [7, 11) is 0. The van der Waals surface area contributed by atoms with E-state index in [-0.39, 0.29) is 0 Å². The smallest absolute Gasteiger partial charge is 0.171 e. The highest BCUT2D eigenvalue weighted by atomic mass is 32.4. The lowest BCUT2D eigenvalue weighted by Gasteiger charge is -2.42. The van der Waals surface area contributed by atoms with Crippen LogP contribution in [0.1, 0.15) is 0 Å². The Morgan fingerprint density at radius 3 is 1.92 bits per heavy atom. The van der Waals surface area contributed by atoms with Gasteiger partial charge in [0.05, 0.1) is 16.7 Å². The predicted molar refractivity (Wildman–Crippen MR) is 155 cm³/mol. The molecule has 2 heterocycles. The first-order valence-electron chi connectivity index (χ1n) is 11.9. The third kappa shape index (κ3) is 3.05. The summed E-state index contributed by atoms with van der Waals surface area (Å²) in [5, 5.41) is 1.16. The van der Waals surface area contributed by atoms with Gasteiger partial charge in [-0.3, -0.25) is 4.57 Å². The van der Waals surface area contributed by atoms with Gasteiger partial charge in [0, 0.05) is 22.2 Å². The number of para-hydroxylation sites is 5. The molecule has 0 saturated carbocycles. The fourth-order valence-corrected chi connectivity index (χ4v) is 9.71. The maximum Gasteiger partial charge on any atom is 0.171 e. The van der Waals surface area contributed by atoms with Crippen molar-refractivity contribution >= 4 is 51.3 Å². The van der Waals surface area contributed by atoms with Gasteiger partial charge < -0.3 is 4.67 Å². The summed E-state index contributed by atoms with van der Waals surface area (Å²) in [6, 6.07) is 46.5. The van der Waals surface area contributed by atoms with Crippen LogP contribution in [0.3, 0.4) is 0 Å². The van der Waals surface area contributed by atoms with Crippen molar-refractivity contribution in [2.75, 3.05) is 4.67 Å². The molecule has 6 aromatic rings. The molecule has 1 aromatic heterocycles. The fourth-order valence-electron chi connectivity index (χ4n) is 5.23. The predicted octanol–water partition coefficient (Wildman–Crippen LogP) is 7.19. The van der Waals surface area contributed by atoms with E-state index in [1.54, 1.807) is 0 Å². The summed E-state index contributed by atoms with van der Waals surface area (Å²) in [6.45, 7) is 0. The van der Waals surface area contributed by atoms with Crippen LogP contribution >= 0.6 is 6.19 Å². The van der Waals surface area contributed by atoms with E-state index in [1.807, 2.05) is 12.1 Å². The lowest BCUT2D eigenvalue weighted by molar-refractivity contribution is 1.14. The molecule has 5 aromatic carbocycles. The molecule has 0 amide bonds. The number of hydrogen-bond donors (Lipinski definition) is 0. The van der Waals surface area contributed by atoms with Crippen LogP contribution in [0.4, 0.5) is 11.4 Å². The Kier molecular flexibility index (Phi) is 4.92. The summed E-state index contributed by atoms with van der Waals surface area (Å²) in [5.74, 6) is 0. The topological polar surface area (TPSA) is 21.1 Å². The van der Waals surface area contributed by atoms with E-state index in [0.29, 0.717) is 0 Å². The Bertz CT molecular complexity index is 1780. The summed E-state index contributed by atoms with van der Waals surface area (Å²) in [6.07, 6.45) is -2.68. The van der Waals surface area contributed by atoms with Gasteiger partial charge in [0.15, 0.2) is 5.57 Å². The van der Waals surface area contributed by atoms with Crippen molar-refractivity contribution in [3.63, 3.8) is 0 Å². The molecule has 7 rings (SSSR count). The molecule has 1 aliphatic heterocycles. The summed E-state index contributed by atoms with van der Waals surface area (Å²) < 4.78 is 4.66. The van der Waals surface area contributed by atoms with Gasteiger partial charge >= 0.3 is 0 Å². The van der Waals surface area contributed by atoms with Crippen molar-refractivity contribution in [1.29, 1.82) is 0 Å². The highest BCUT2D eigenvalue weighted by molar-refractivity contribution is 8.22. The fraction of sp³-hybridized carbons (Fsp3) is 0. The van der Waals surface area contributed by atoms with E-state index in [9.17, 15) is 0 Å². The Morgan fingerprint density at radius 1 is 0.556 bits per heavy atom. The first-order valence-corrected chi connectivity index (χ1v) is 14.7. The minimum absolute atomic E-state index is 0.913. The van der Waals surface area contributed by atoms with Crippen LogP contribution in [-0.2, 0) is 11.8 Å². The van der Waals surface area contributed by atoms with E-state index in [0.717, 1.165) is 39.0 Å². The molecule has 36 heavy (non-hydrogen) atoms. The van der Waals surface area contributed by atoms with Crippen molar-refractivity contribution in [2.45, 2.75) is 0 Å². The molecule has 0 bridgehead atoms. The Labute approximate surface area is 215 Å². The average molecular weight is 500 g/mol. The second kappa shape index (κ2) is 8.30. The third-order valence-corrected chi connectivity index (χ3v) is 11.2. The molecule has 1 atom stereocenters. The molecule has 0 fully saturated rings.